The summed E-state index contributed by atoms with van der Waals surface area (Å²) in [6.45, 7) is 2.00. The highest BCUT2D eigenvalue weighted by atomic mass is 32.2. The number of rotatable bonds is 2. The van der Waals surface area contributed by atoms with Gasteiger partial charge in [-0.25, -0.2) is 13.2 Å². The van der Waals surface area contributed by atoms with Crippen molar-refractivity contribution in [2.75, 3.05) is 6.61 Å². The molecule has 0 radical (unpaired) electrons. The molecule has 1 aromatic rings. The van der Waals surface area contributed by atoms with E-state index in [-0.39, 0.29) is 5.56 Å². The fraction of sp³-hybridized carbons (Fsp3) is 0.400. The van der Waals surface area contributed by atoms with E-state index in [1.54, 1.807) is 14.0 Å². The highest BCUT2D eigenvalue weighted by molar-refractivity contribution is 7.86. The average molecular weight is 333 g/mol. The molecule has 0 saturated carbocycles. The molecule has 120 valence electrons. The Morgan fingerprint density at radius 2 is 1.90 bits per heavy atom. The fourth-order valence-electron chi connectivity index (χ4n) is 0.883. The molecule has 1 heterocycles. The van der Waals surface area contributed by atoms with Crippen molar-refractivity contribution in [2.24, 2.45) is 7.05 Å². The normalized spacial score (nSPS) is 11.4. The molecule has 0 aliphatic carbocycles. The number of hydrogen-bond acceptors (Lipinski definition) is 5. The molecule has 0 aliphatic heterocycles. The molecule has 1 rings (SSSR count). The molecule has 0 saturated heterocycles. The van der Waals surface area contributed by atoms with Crippen molar-refractivity contribution >= 4 is 16.1 Å². The second-order valence-corrected chi connectivity index (χ2v) is 4.84. The van der Waals surface area contributed by atoms with Crippen molar-refractivity contribution in [2.45, 2.75) is 12.4 Å². The number of alkyl halides is 3. The summed E-state index contributed by atoms with van der Waals surface area (Å²) in [5.74, 6) is -0.965. The molecule has 21 heavy (non-hydrogen) atoms. The van der Waals surface area contributed by atoms with Gasteiger partial charge in [0, 0.05) is 6.07 Å². The Labute approximate surface area is 117 Å². The van der Waals surface area contributed by atoms with Gasteiger partial charge in [0.15, 0.2) is 16.3 Å². The van der Waals surface area contributed by atoms with Gasteiger partial charge in [-0.2, -0.15) is 17.7 Å². The maximum Gasteiger partial charge on any atom is 0.485 e. The molecule has 0 N–H and O–H groups in total. The van der Waals surface area contributed by atoms with E-state index < -0.39 is 27.5 Å². The first-order chi connectivity index (χ1) is 9.40. The van der Waals surface area contributed by atoms with Gasteiger partial charge in [-0.05, 0) is 6.92 Å². The van der Waals surface area contributed by atoms with Crippen LogP contribution in [0.1, 0.15) is 17.3 Å². The maximum atomic E-state index is 12.9. The lowest BCUT2D eigenvalue weighted by Crippen LogP contribution is -2.32. The van der Waals surface area contributed by atoms with Crippen LogP contribution in [0.25, 0.3) is 0 Å². The highest BCUT2D eigenvalue weighted by Gasteiger charge is 2.36. The SMILES string of the molecule is CCOC(=O)c1cc[n+](C)c(F)c1.O=S(=O)([O-])C(F)(F)F. The molecule has 0 amide bonds. The van der Waals surface area contributed by atoms with Crippen LogP contribution in [0.2, 0.25) is 0 Å². The summed E-state index contributed by atoms with van der Waals surface area (Å²) >= 11 is 0. The topological polar surface area (TPSA) is 87.4 Å². The molecule has 0 aromatic carbocycles. The average Bonchev–Trinajstić information content (AvgIpc) is 2.31. The van der Waals surface area contributed by atoms with Crippen LogP contribution >= 0.6 is 0 Å². The molecule has 0 fully saturated rings. The Bertz CT molecular complexity index is 600. The smallest absolute Gasteiger partial charge is 0.485 e. The Kier molecular flexibility index (Phi) is 6.70. The monoisotopic (exact) mass is 333 g/mol. The van der Waals surface area contributed by atoms with Gasteiger partial charge in [0.2, 0.25) is 0 Å². The second kappa shape index (κ2) is 7.31. The Morgan fingerprint density at radius 1 is 1.43 bits per heavy atom. The van der Waals surface area contributed by atoms with Crippen molar-refractivity contribution in [3.8, 4) is 0 Å². The summed E-state index contributed by atoms with van der Waals surface area (Å²) < 4.78 is 77.8. The zero-order valence-corrected chi connectivity index (χ0v) is 11.7. The number of esters is 1. The third kappa shape index (κ3) is 6.49. The Hall–Kier alpha value is -1.75. The minimum atomic E-state index is -6.09. The summed E-state index contributed by atoms with van der Waals surface area (Å²) in [6.07, 6.45) is 1.47. The molecule has 0 spiro atoms. The van der Waals surface area contributed by atoms with Gasteiger partial charge in [0.05, 0.1) is 18.2 Å². The number of aromatic nitrogens is 1. The largest absolute Gasteiger partial charge is 0.741 e. The summed E-state index contributed by atoms with van der Waals surface area (Å²) in [5.41, 5.74) is -5.41. The van der Waals surface area contributed by atoms with E-state index in [0.29, 0.717) is 6.61 Å². The van der Waals surface area contributed by atoms with E-state index in [1.165, 1.54) is 16.8 Å². The van der Waals surface area contributed by atoms with E-state index in [2.05, 4.69) is 0 Å². The molecule has 6 nitrogen and oxygen atoms in total. The maximum absolute atomic E-state index is 12.9. The zero-order valence-electron chi connectivity index (χ0n) is 10.8. The predicted molar refractivity (Wildman–Crippen MR) is 59.3 cm³/mol. The van der Waals surface area contributed by atoms with Gasteiger partial charge in [0.25, 0.3) is 0 Å². The van der Waals surface area contributed by atoms with Gasteiger partial charge >= 0.3 is 17.4 Å². The molecule has 1 aromatic heterocycles. The Balaban J connectivity index is 0.000000433. The number of aryl methyl sites for hydroxylation is 1. The van der Waals surface area contributed by atoms with Crippen LogP contribution in [0.3, 0.4) is 0 Å². The van der Waals surface area contributed by atoms with Crippen LogP contribution in [-0.4, -0.2) is 31.1 Å². The van der Waals surface area contributed by atoms with Gasteiger partial charge < -0.3 is 9.29 Å². The highest BCUT2D eigenvalue weighted by Crippen LogP contribution is 2.20. The van der Waals surface area contributed by atoms with Gasteiger partial charge in [-0.15, -0.1) is 4.39 Å². The molecular weight excluding hydrogens is 322 g/mol. The molecule has 0 aliphatic rings. The van der Waals surface area contributed by atoms with E-state index in [0.717, 1.165) is 6.07 Å². The second-order valence-electron chi connectivity index (χ2n) is 3.47. The van der Waals surface area contributed by atoms with Crippen molar-refractivity contribution in [1.82, 2.24) is 0 Å². The van der Waals surface area contributed by atoms with Crippen LogP contribution in [-0.2, 0) is 21.9 Å². The van der Waals surface area contributed by atoms with Gasteiger partial charge in [-0.3, -0.25) is 0 Å². The lowest BCUT2D eigenvalue weighted by molar-refractivity contribution is -0.700. The van der Waals surface area contributed by atoms with Crippen molar-refractivity contribution < 1.29 is 44.6 Å². The predicted octanol–water partition coefficient (Wildman–Crippen LogP) is 0.878. The number of halogens is 4. The van der Waals surface area contributed by atoms with Crippen LogP contribution < -0.4 is 4.57 Å². The zero-order chi connectivity index (χ0) is 16.8. The molecule has 0 bridgehead atoms. The first-order valence-electron chi connectivity index (χ1n) is 5.24. The number of hydrogen-bond donors (Lipinski definition) is 0. The minimum Gasteiger partial charge on any atom is -0.741 e. The first-order valence-corrected chi connectivity index (χ1v) is 6.65. The molecule has 11 heteroatoms. The van der Waals surface area contributed by atoms with E-state index in [4.69, 9.17) is 17.7 Å². The van der Waals surface area contributed by atoms with Crippen LogP contribution in [0.5, 0.6) is 0 Å². The van der Waals surface area contributed by atoms with E-state index in [1.807, 2.05) is 0 Å². The molecule has 0 atom stereocenters. The third-order valence-electron chi connectivity index (χ3n) is 1.88. The quantitative estimate of drug-likeness (QED) is 0.200. The molecular formula is C10H11F4NO5S. The van der Waals surface area contributed by atoms with Crippen LogP contribution in [0.4, 0.5) is 17.6 Å². The van der Waals surface area contributed by atoms with Crippen molar-refractivity contribution in [3.63, 3.8) is 0 Å². The summed E-state index contributed by atoms with van der Waals surface area (Å²) in [7, 11) is -4.53. The van der Waals surface area contributed by atoms with E-state index >= 15 is 0 Å². The third-order valence-corrected chi connectivity index (χ3v) is 2.45. The fourth-order valence-corrected chi connectivity index (χ4v) is 0.883. The van der Waals surface area contributed by atoms with Crippen LogP contribution in [0.15, 0.2) is 18.3 Å². The number of carbonyl (C=O) groups excluding carboxylic acids is 1. The van der Waals surface area contributed by atoms with Crippen LogP contribution in [0, 0.1) is 5.95 Å². The number of carbonyl (C=O) groups is 1. The summed E-state index contributed by atoms with van der Waals surface area (Å²) in [4.78, 5) is 11.1. The van der Waals surface area contributed by atoms with Gasteiger partial charge in [-0.1, -0.05) is 0 Å². The standard InChI is InChI=1S/C9H11FNO2.CHF3O3S/c1-3-13-9(12)7-4-5-11(2)8(10)6-7;2-1(3,4)8(5,6)7/h4-6H,3H2,1-2H3;(H,5,6,7)/q+1;/p-1. The van der Waals surface area contributed by atoms with Crippen molar-refractivity contribution in [1.29, 1.82) is 0 Å². The lowest BCUT2D eigenvalue weighted by atomic mass is 10.3. The minimum absolute atomic E-state index is 0.234. The number of nitrogens with zero attached hydrogens (tertiary/aromatic N) is 1. The number of ether oxygens (including phenoxy) is 1. The molecule has 0 unspecified atom stereocenters. The number of pyridine rings is 1. The lowest BCUT2D eigenvalue weighted by Gasteiger charge is -2.08. The van der Waals surface area contributed by atoms with E-state index in [9.17, 15) is 22.4 Å². The summed E-state index contributed by atoms with van der Waals surface area (Å²) in [5, 5.41) is 0. The first kappa shape index (κ1) is 19.2. The van der Waals surface area contributed by atoms with Gasteiger partial charge in [0.1, 0.15) is 7.05 Å². The Morgan fingerprint density at radius 3 is 2.24 bits per heavy atom. The van der Waals surface area contributed by atoms with Crippen molar-refractivity contribution in [3.05, 3.63) is 29.8 Å². The summed E-state index contributed by atoms with van der Waals surface area (Å²) in [6, 6.07) is 2.67.